The van der Waals surface area contributed by atoms with Crippen LogP contribution in [-0.4, -0.2) is 13.0 Å². The van der Waals surface area contributed by atoms with Gasteiger partial charge in [0.05, 0.1) is 7.11 Å². The van der Waals surface area contributed by atoms with Gasteiger partial charge >= 0.3 is 0 Å². The van der Waals surface area contributed by atoms with E-state index in [1.54, 1.807) is 7.11 Å². The number of amides is 1. The van der Waals surface area contributed by atoms with Crippen molar-refractivity contribution in [3.05, 3.63) is 77.4 Å². The lowest BCUT2D eigenvalue weighted by Crippen LogP contribution is -2.12. The molecular weight excluding hydrogens is 274 g/mol. The Balaban J connectivity index is 2.22. The number of carbonyl (C=O) groups excluding carboxylic acids is 1. The Hall–Kier alpha value is -2.81. The first-order valence-electron chi connectivity index (χ1n) is 7.13. The van der Waals surface area contributed by atoms with Gasteiger partial charge in [-0.2, -0.15) is 0 Å². The Morgan fingerprint density at radius 1 is 1.00 bits per heavy atom. The summed E-state index contributed by atoms with van der Waals surface area (Å²) >= 11 is 0. The third-order valence-electron chi connectivity index (χ3n) is 3.78. The van der Waals surface area contributed by atoms with Crippen molar-refractivity contribution in [2.45, 2.75) is 6.42 Å². The van der Waals surface area contributed by atoms with Crippen LogP contribution in [0, 0.1) is 0 Å². The first-order chi connectivity index (χ1) is 10.7. The first-order valence-corrected chi connectivity index (χ1v) is 7.13. The largest absolute Gasteiger partial charge is 0.496 e. The van der Waals surface area contributed by atoms with E-state index in [4.69, 9.17) is 10.5 Å². The summed E-state index contributed by atoms with van der Waals surface area (Å²) in [6.45, 7) is 0. The lowest BCUT2D eigenvalue weighted by Gasteiger charge is -2.14. The molecule has 0 fully saturated rings. The van der Waals surface area contributed by atoms with Crippen LogP contribution in [-0.2, 0) is 6.42 Å². The molecule has 0 aliphatic carbocycles. The van der Waals surface area contributed by atoms with Crippen LogP contribution in [0.1, 0.15) is 21.5 Å². The van der Waals surface area contributed by atoms with Gasteiger partial charge in [-0.3, -0.25) is 4.79 Å². The summed E-state index contributed by atoms with van der Waals surface area (Å²) in [5.41, 5.74) is 8.20. The highest BCUT2D eigenvalue weighted by atomic mass is 16.5. The van der Waals surface area contributed by atoms with Crippen LogP contribution in [0.4, 0.5) is 0 Å². The minimum atomic E-state index is -0.423. The fourth-order valence-corrected chi connectivity index (χ4v) is 2.80. The van der Waals surface area contributed by atoms with Gasteiger partial charge in [0.25, 0.3) is 0 Å². The van der Waals surface area contributed by atoms with E-state index in [1.807, 2.05) is 48.5 Å². The highest BCUT2D eigenvalue weighted by Crippen LogP contribution is 2.33. The molecule has 3 heteroatoms. The standard InChI is InChI=1S/C19H17NO2/c1-22-18-14(11-13-7-3-2-4-8-13)12-17(19(20)21)15-9-5-6-10-16(15)18/h2-10,12H,11H2,1H3,(H2,20,21). The van der Waals surface area contributed by atoms with Gasteiger partial charge in [0.1, 0.15) is 5.75 Å². The molecule has 3 nitrogen and oxygen atoms in total. The summed E-state index contributed by atoms with van der Waals surface area (Å²) in [5.74, 6) is 0.373. The zero-order valence-electron chi connectivity index (χ0n) is 12.4. The fourth-order valence-electron chi connectivity index (χ4n) is 2.80. The summed E-state index contributed by atoms with van der Waals surface area (Å²) in [6.07, 6.45) is 0.690. The molecule has 0 unspecified atom stereocenters. The van der Waals surface area contributed by atoms with Gasteiger partial charge in [0.2, 0.25) is 5.91 Å². The minimum absolute atomic E-state index is 0.423. The Morgan fingerprint density at radius 3 is 2.27 bits per heavy atom. The smallest absolute Gasteiger partial charge is 0.249 e. The van der Waals surface area contributed by atoms with E-state index in [0.717, 1.165) is 27.6 Å². The van der Waals surface area contributed by atoms with E-state index in [9.17, 15) is 4.79 Å². The summed E-state index contributed by atoms with van der Waals surface area (Å²) in [7, 11) is 1.65. The molecule has 0 heterocycles. The highest BCUT2D eigenvalue weighted by molar-refractivity contribution is 6.08. The summed E-state index contributed by atoms with van der Waals surface area (Å²) in [5, 5.41) is 1.73. The number of primary amides is 1. The molecular formula is C19H17NO2. The van der Waals surface area contributed by atoms with Crippen LogP contribution in [0.3, 0.4) is 0 Å². The number of methoxy groups -OCH3 is 1. The van der Waals surface area contributed by atoms with Crippen LogP contribution in [0.2, 0.25) is 0 Å². The molecule has 2 N–H and O–H groups in total. The van der Waals surface area contributed by atoms with Crippen molar-refractivity contribution in [3.63, 3.8) is 0 Å². The van der Waals surface area contributed by atoms with E-state index in [2.05, 4.69) is 12.1 Å². The average molecular weight is 291 g/mol. The third-order valence-corrected chi connectivity index (χ3v) is 3.78. The van der Waals surface area contributed by atoms with E-state index in [0.29, 0.717) is 12.0 Å². The highest BCUT2D eigenvalue weighted by Gasteiger charge is 2.15. The molecule has 0 saturated carbocycles. The van der Waals surface area contributed by atoms with Crippen molar-refractivity contribution in [2.24, 2.45) is 5.73 Å². The van der Waals surface area contributed by atoms with Crippen LogP contribution in [0.15, 0.2) is 60.7 Å². The van der Waals surface area contributed by atoms with Crippen molar-refractivity contribution in [1.29, 1.82) is 0 Å². The molecule has 3 aromatic rings. The lowest BCUT2D eigenvalue weighted by atomic mass is 9.95. The Labute approximate surface area is 129 Å². The second kappa shape index (κ2) is 5.90. The number of fused-ring (bicyclic) bond motifs is 1. The van der Waals surface area contributed by atoms with Gasteiger partial charge in [-0.05, 0) is 22.6 Å². The molecule has 0 aliphatic rings. The molecule has 22 heavy (non-hydrogen) atoms. The Morgan fingerprint density at radius 2 is 1.64 bits per heavy atom. The van der Waals surface area contributed by atoms with E-state index in [-0.39, 0.29) is 0 Å². The number of rotatable bonds is 4. The average Bonchev–Trinajstić information content (AvgIpc) is 2.55. The molecule has 0 bridgehead atoms. The summed E-state index contributed by atoms with van der Waals surface area (Å²) < 4.78 is 5.61. The quantitative estimate of drug-likeness (QED) is 0.799. The topological polar surface area (TPSA) is 52.3 Å². The lowest BCUT2D eigenvalue weighted by molar-refractivity contribution is 0.100. The van der Waals surface area contributed by atoms with Gasteiger partial charge in [0.15, 0.2) is 0 Å². The van der Waals surface area contributed by atoms with Crippen LogP contribution in [0.25, 0.3) is 10.8 Å². The molecule has 3 rings (SSSR count). The maximum atomic E-state index is 11.8. The molecule has 110 valence electrons. The Kier molecular flexibility index (Phi) is 3.79. The predicted octanol–water partition coefficient (Wildman–Crippen LogP) is 3.54. The van der Waals surface area contributed by atoms with Crippen LogP contribution < -0.4 is 10.5 Å². The van der Waals surface area contributed by atoms with Crippen LogP contribution in [0.5, 0.6) is 5.75 Å². The van der Waals surface area contributed by atoms with Crippen molar-refractivity contribution in [1.82, 2.24) is 0 Å². The van der Waals surface area contributed by atoms with E-state index < -0.39 is 5.91 Å². The van der Waals surface area contributed by atoms with Crippen molar-refractivity contribution in [3.8, 4) is 5.75 Å². The molecule has 0 spiro atoms. The maximum absolute atomic E-state index is 11.8. The molecule has 1 amide bonds. The molecule has 0 radical (unpaired) electrons. The number of benzene rings is 3. The monoisotopic (exact) mass is 291 g/mol. The first kappa shape index (κ1) is 14.1. The number of nitrogens with two attached hydrogens (primary N) is 1. The maximum Gasteiger partial charge on any atom is 0.249 e. The van der Waals surface area contributed by atoms with E-state index in [1.165, 1.54) is 0 Å². The predicted molar refractivity (Wildman–Crippen MR) is 88.3 cm³/mol. The minimum Gasteiger partial charge on any atom is -0.496 e. The van der Waals surface area contributed by atoms with Crippen molar-refractivity contribution < 1.29 is 9.53 Å². The molecule has 3 aromatic carbocycles. The summed E-state index contributed by atoms with van der Waals surface area (Å²) in [6, 6.07) is 19.6. The molecule has 0 saturated heterocycles. The normalized spacial score (nSPS) is 10.6. The molecule has 0 atom stereocenters. The third kappa shape index (κ3) is 2.53. The van der Waals surface area contributed by atoms with Gasteiger partial charge in [0, 0.05) is 17.4 Å². The number of ether oxygens (including phenoxy) is 1. The number of hydrogen-bond donors (Lipinski definition) is 1. The van der Waals surface area contributed by atoms with Gasteiger partial charge in [-0.1, -0.05) is 54.6 Å². The van der Waals surface area contributed by atoms with Crippen LogP contribution >= 0.6 is 0 Å². The van der Waals surface area contributed by atoms with E-state index >= 15 is 0 Å². The fraction of sp³-hybridized carbons (Fsp3) is 0.105. The number of carbonyl (C=O) groups is 1. The number of hydrogen-bond acceptors (Lipinski definition) is 2. The SMILES string of the molecule is COc1c(Cc2ccccc2)cc(C(N)=O)c2ccccc12. The van der Waals surface area contributed by atoms with Crippen molar-refractivity contribution >= 4 is 16.7 Å². The zero-order chi connectivity index (χ0) is 15.5. The summed E-state index contributed by atoms with van der Waals surface area (Å²) in [4.78, 5) is 11.8. The van der Waals surface area contributed by atoms with Crippen molar-refractivity contribution in [2.75, 3.05) is 7.11 Å². The zero-order valence-corrected chi connectivity index (χ0v) is 12.4. The second-order valence-electron chi connectivity index (χ2n) is 5.19. The molecule has 0 aromatic heterocycles. The molecule has 0 aliphatic heterocycles. The Bertz CT molecular complexity index is 825. The second-order valence-corrected chi connectivity index (χ2v) is 5.19. The van der Waals surface area contributed by atoms with Gasteiger partial charge in [-0.25, -0.2) is 0 Å². The van der Waals surface area contributed by atoms with Gasteiger partial charge < -0.3 is 10.5 Å². The van der Waals surface area contributed by atoms with Gasteiger partial charge in [-0.15, -0.1) is 0 Å².